The lowest BCUT2D eigenvalue weighted by Crippen LogP contribution is -2.20. The molecule has 1 heterocycles. The maximum absolute atomic E-state index is 11.6. The van der Waals surface area contributed by atoms with Crippen LogP contribution in [0.1, 0.15) is 0 Å². The Balaban J connectivity index is 1.83. The number of nitrogens with one attached hydrogen (secondary N) is 1. The first-order valence-electron chi connectivity index (χ1n) is 5.63. The molecule has 1 amide bonds. The fourth-order valence-corrected chi connectivity index (χ4v) is 1.67. The lowest BCUT2D eigenvalue weighted by atomic mass is 10.3. The van der Waals surface area contributed by atoms with E-state index >= 15 is 0 Å². The summed E-state index contributed by atoms with van der Waals surface area (Å²) in [7, 11) is 0. The third-order valence-corrected chi connectivity index (χ3v) is 2.87. The van der Waals surface area contributed by atoms with Crippen LogP contribution in [-0.2, 0) is 4.79 Å². The van der Waals surface area contributed by atoms with Crippen molar-refractivity contribution in [2.24, 2.45) is 0 Å². The first-order chi connectivity index (χ1) is 9.28. The van der Waals surface area contributed by atoms with Gasteiger partial charge in [-0.15, -0.1) is 22.0 Å². The molecule has 1 N–H and O–H groups in total. The van der Waals surface area contributed by atoms with Crippen LogP contribution in [0.15, 0.2) is 47.5 Å². The highest BCUT2D eigenvalue weighted by atomic mass is 32.2. The SMILES string of the molecule is CSc1ccc(NC(=O)COc2ccccc2)nn1. The van der Waals surface area contributed by atoms with Crippen LogP contribution in [-0.4, -0.2) is 29.0 Å². The number of anilines is 1. The Kier molecular flexibility index (Phi) is 4.74. The Morgan fingerprint density at radius 1 is 1.21 bits per heavy atom. The second-order valence-corrected chi connectivity index (χ2v) is 4.44. The molecule has 0 aliphatic carbocycles. The quantitative estimate of drug-likeness (QED) is 0.848. The van der Waals surface area contributed by atoms with Gasteiger partial charge in [-0.25, -0.2) is 0 Å². The van der Waals surface area contributed by atoms with Gasteiger partial charge in [0.2, 0.25) is 0 Å². The molecule has 0 atom stereocenters. The van der Waals surface area contributed by atoms with E-state index in [0.29, 0.717) is 11.6 Å². The van der Waals surface area contributed by atoms with Gasteiger partial charge in [-0.2, -0.15) is 0 Å². The Hall–Kier alpha value is -2.08. The summed E-state index contributed by atoms with van der Waals surface area (Å²) in [4.78, 5) is 11.6. The van der Waals surface area contributed by atoms with Crippen molar-refractivity contribution in [2.75, 3.05) is 18.2 Å². The van der Waals surface area contributed by atoms with Crippen LogP contribution in [0.3, 0.4) is 0 Å². The normalized spacial score (nSPS) is 9.95. The van der Waals surface area contributed by atoms with Gasteiger partial charge in [0, 0.05) is 0 Å². The molecule has 0 bridgehead atoms. The molecule has 0 saturated carbocycles. The summed E-state index contributed by atoms with van der Waals surface area (Å²) >= 11 is 1.49. The van der Waals surface area contributed by atoms with Crippen molar-refractivity contribution < 1.29 is 9.53 Å². The van der Waals surface area contributed by atoms with Gasteiger partial charge in [-0.05, 0) is 30.5 Å². The largest absolute Gasteiger partial charge is 0.484 e. The molecular formula is C13H13N3O2S. The molecule has 0 aliphatic heterocycles. The van der Waals surface area contributed by atoms with Crippen LogP contribution in [0.25, 0.3) is 0 Å². The molecule has 0 radical (unpaired) electrons. The summed E-state index contributed by atoms with van der Waals surface area (Å²) < 4.78 is 5.32. The number of nitrogens with zero attached hydrogens (tertiary/aromatic N) is 2. The summed E-state index contributed by atoms with van der Waals surface area (Å²) in [5.74, 6) is 0.802. The number of hydrogen-bond donors (Lipinski definition) is 1. The van der Waals surface area contributed by atoms with Gasteiger partial charge in [-0.3, -0.25) is 4.79 Å². The number of hydrogen-bond acceptors (Lipinski definition) is 5. The second-order valence-electron chi connectivity index (χ2n) is 3.61. The molecular weight excluding hydrogens is 262 g/mol. The fraction of sp³-hybridized carbons (Fsp3) is 0.154. The monoisotopic (exact) mass is 275 g/mol. The summed E-state index contributed by atoms with van der Waals surface area (Å²) in [5, 5.41) is 11.2. The number of carbonyl (C=O) groups excluding carboxylic acids is 1. The summed E-state index contributed by atoms with van der Waals surface area (Å²) in [5.41, 5.74) is 0. The van der Waals surface area contributed by atoms with Crippen molar-refractivity contribution in [3.63, 3.8) is 0 Å². The van der Waals surface area contributed by atoms with Crippen molar-refractivity contribution in [3.05, 3.63) is 42.5 Å². The van der Waals surface area contributed by atoms with Crippen molar-refractivity contribution >= 4 is 23.5 Å². The van der Waals surface area contributed by atoms with E-state index in [9.17, 15) is 4.79 Å². The van der Waals surface area contributed by atoms with Crippen molar-refractivity contribution in [3.8, 4) is 5.75 Å². The van der Waals surface area contributed by atoms with Gasteiger partial charge in [-0.1, -0.05) is 18.2 Å². The van der Waals surface area contributed by atoms with Crippen LogP contribution in [0.5, 0.6) is 5.75 Å². The van der Waals surface area contributed by atoms with E-state index in [-0.39, 0.29) is 12.5 Å². The Labute approximate surface area is 115 Å². The third-order valence-electron chi connectivity index (χ3n) is 2.23. The average Bonchev–Trinajstić information content (AvgIpc) is 2.47. The first kappa shape index (κ1) is 13.4. The highest BCUT2D eigenvalue weighted by molar-refractivity contribution is 7.98. The summed E-state index contributed by atoms with van der Waals surface area (Å²) in [6, 6.07) is 12.7. The van der Waals surface area contributed by atoms with E-state index in [1.54, 1.807) is 24.3 Å². The Morgan fingerprint density at radius 3 is 2.63 bits per heavy atom. The van der Waals surface area contributed by atoms with Crippen LogP contribution in [0, 0.1) is 0 Å². The number of benzene rings is 1. The van der Waals surface area contributed by atoms with Crippen LogP contribution in [0.2, 0.25) is 0 Å². The average molecular weight is 275 g/mol. The third kappa shape index (κ3) is 4.26. The van der Waals surface area contributed by atoms with E-state index in [2.05, 4.69) is 15.5 Å². The van der Waals surface area contributed by atoms with Gasteiger partial charge >= 0.3 is 0 Å². The number of rotatable bonds is 5. The van der Waals surface area contributed by atoms with E-state index < -0.39 is 0 Å². The summed E-state index contributed by atoms with van der Waals surface area (Å²) in [6.07, 6.45) is 1.91. The van der Waals surface area contributed by atoms with Crippen LogP contribution < -0.4 is 10.1 Å². The predicted molar refractivity (Wildman–Crippen MR) is 74.4 cm³/mol. The molecule has 1 aromatic heterocycles. The van der Waals surface area contributed by atoms with Crippen LogP contribution in [0.4, 0.5) is 5.82 Å². The minimum atomic E-state index is -0.268. The molecule has 2 aromatic rings. The molecule has 19 heavy (non-hydrogen) atoms. The lowest BCUT2D eigenvalue weighted by molar-refractivity contribution is -0.118. The molecule has 0 unspecified atom stereocenters. The van der Waals surface area contributed by atoms with Crippen molar-refractivity contribution in [1.82, 2.24) is 10.2 Å². The van der Waals surface area contributed by atoms with Gasteiger partial charge < -0.3 is 10.1 Å². The standard InChI is InChI=1S/C13H13N3O2S/c1-19-13-8-7-11(15-16-13)14-12(17)9-18-10-5-3-2-4-6-10/h2-8H,9H2,1H3,(H,14,15,17). The number of aromatic nitrogens is 2. The number of para-hydroxylation sites is 1. The number of thioether (sulfide) groups is 1. The zero-order valence-corrected chi connectivity index (χ0v) is 11.2. The van der Waals surface area contributed by atoms with Crippen LogP contribution >= 0.6 is 11.8 Å². The zero-order chi connectivity index (χ0) is 13.5. The molecule has 0 spiro atoms. The fourth-order valence-electron chi connectivity index (χ4n) is 1.34. The van der Waals surface area contributed by atoms with E-state index in [1.165, 1.54) is 11.8 Å². The van der Waals surface area contributed by atoms with E-state index in [1.807, 2.05) is 24.5 Å². The van der Waals surface area contributed by atoms with Gasteiger partial charge in [0.1, 0.15) is 10.8 Å². The molecule has 1 aromatic carbocycles. The van der Waals surface area contributed by atoms with Crippen molar-refractivity contribution in [2.45, 2.75) is 5.03 Å². The number of carbonyl (C=O) groups is 1. The number of ether oxygens (including phenoxy) is 1. The predicted octanol–water partition coefficient (Wildman–Crippen LogP) is 2.22. The summed E-state index contributed by atoms with van der Waals surface area (Å²) in [6.45, 7) is -0.0596. The Morgan fingerprint density at radius 2 is 2.00 bits per heavy atom. The molecule has 0 fully saturated rings. The van der Waals surface area contributed by atoms with Crippen molar-refractivity contribution in [1.29, 1.82) is 0 Å². The second kappa shape index (κ2) is 6.75. The van der Waals surface area contributed by atoms with Gasteiger partial charge in [0.05, 0.1) is 0 Å². The highest BCUT2D eigenvalue weighted by Gasteiger charge is 2.05. The maximum atomic E-state index is 11.6. The molecule has 98 valence electrons. The zero-order valence-electron chi connectivity index (χ0n) is 10.4. The number of amides is 1. The minimum absolute atomic E-state index is 0.0596. The molecule has 5 nitrogen and oxygen atoms in total. The minimum Gasteiger partial charge on any atom is -0.484 e. The molecule has 0 aliphatic rings. The highest BCUT2D eigenvalue weighted by Crippen LogP contribution is 2.11. The Bertz CT molecular complexity index is 531. The molecule has 6 heteroatoms. The van der Waals surface area contributed by atoms with Gasteiger partial charge in [0.15, 0.2) is 12.4 Å². The topological polar surface area (TPSA) is 64.1 Å². The first-order valence-corrected chi connectivity index (χ1v) is 6.86. The lowest BCUT2D eigenvalue weighted by Gasteiger charge is -2.06. The van der Waals surface area contributed by atoms with Gasteiger partial charge in [0.25, 0.3) is 5.91 Å². The van der Waals surface area contributed by atoms with E-state index in [0.717, 1.165) is 5.03 Å². The van der Waals surface area contributed by atoms with E-state index in [4.69, 9.17) is 4.74 Å². The molecule has 2 rings (SSSR count). The smallest absolute Gasteiger partial charge is 0.263 e. The molecule has 0 saturated heterocycles. The maximum Gasteiger partial charge on any atom is 0.263 e.